The van der Waals surface area contributed by atoms with Crippen LogP contribution in [0.4, 0.5) is 0 Å². The van der Waals surface area contributed by atoms with Gasteiger partial charge in [-0.3, -0.25) is 4.79 Å². The van der Waals surface area contributed by atoms with Gasteiger partial charge < -0.3 is 14.4 Å². The van der Waals surface area contributed by atoms with E-state index in [4.69, 9.17) is 9.47 Å². The standard InChI is InChI=1S/C20H31NO3/c1-15-5-7-16(8-6-15)14-20(22)21(2)12-11-17-9-10-18(23-3)19(13-17)24-4/h9-10,13,15-16H,5-8,11-12,14H2,1-4H3. The number of hydrogen-bond donors (Lipinski definition) is 0. The second-order valence-corrected chi connectivity index (χ2v) is 7.08. The molecule has 0 bridgehead atoms. The van der Waals surface area contributed by atoms with Gasteiger partial charge in [-0.2, -0.15) is 0 Å². The monoisotopic (exact) mass is 333 g/mol. The summed E-state index contributed by atoms with van der Waals surface area (Å²) >= 11 is 0. The number of likely N-dealkylation sites (N-methyl/N-ethyl adjacent to an activating group) is 1. The first kappa shape index (κ1) is 18.6. The van der Waals surface area contributed by atoms with E-state index in [1.54, 1.807) is 14.2 Å². The first-order valence-electron chi connectivity index (χ1n) is 8.98. The summed E-state index contributed by atoms with van der Waals surface area (Å²) in [6.07, 6.45) is 6.48. The van der Waals surface area contributed by atoms with Gasteiger partial charge in [-0.1, -0.05) is 25.8 Å². The van der Waals surface area contributed by atoms with Crippen molar-refractivity contribution in [3.8, 4) is 11.5 Å². The Kier molecular flexibility index (Phi) is 6.95. The Morgan fingerprint density at radius 1 is 1.12 bits per heavy atom. The second-order valence-electron chi connectivity index (χ2n) is 7.08. The Bertz CT molecular complexity index is 536. The lowest BCUT2D eigenvalue weighted by atomic mass is 9.81. The van der Waals surface area contributed by atoms with Crippen molar-refractivity contribution in [2.45, 2.75) is 45.4 Å². The number of methoxy groups -OCH3 is 2. The molecule has 1 saturated carbocycles. The maximum atomic E-state index is 12.4. The number of nitrogens with zero attached hydrogens (tertiary/aromatic N) is 1. The second kappa shape index (κ2) is 8.95. The lowest BCUT2D eigenvalue weighted by Crippen LogP contribution is -2.31. The lowest BCUT2D eigenvalue weighted by Gasteiger charge is -2.27. The molecule has 2 rings (SSSR count). The summed E-state index contributed by atoms with van der Waals surface area (Å²) in [6, 6.07) is 5.93. The minimum Gasteiger partial charge on any atom is -0.493 e. The first-order chi connectivity index (χ1) is 11.5. The molecule has 0 spiro atoms. The van der Waals surface area contributed by atoms with Crippen molar-refractivity contribution in [1.29, 1.82) is 0 Å². The van der Waals surface area contributed by atoms with Gasteiger partial charge in [0, 0.05) is 20.0 Å². The number of carbonyl (C=O) groups excluding carboxylic acids is 1. The fraction of sp³-hybridized carbons (Fsp3) is 0.650. The molecule has 134 valence electrons. The molecule has 0 radical (unpaired) electrons. The number of ether oxygens (including phenoxy) is 2. The Hall–Kier alpha value is -1.71. The fourth-order valence-corrected chi connectivity index (χ4v) is 3.39. The van der Waals surface area contributed by atoms with Crippen LogP contribution in [0.25, 0.3) is 0 Å². The van der Waals surface area contributed by atoms with Crippen LogP contribution >= 0.6 is 0 Å². The van der Waals surface area contributed by atoms with E-state index in [1.807, 2.05) is 30.1 Å². The van der Waals surface area contributed by atoms with Crippen molar-refractivity contribution in [2.75, 3.05) is 27.8 Å². The molecular formula is C20H31NO3. The number of carbonyl (C=O) groups is 1. The third kappa shape index (κ3) is 5.15. The van der Waals surface area contributed by atoms with Gasteiger partial charge in [-0.15, -0.1) is 0 Å². The topological polar surface area (TPSA) is 38.8 Å². The molecule has 0 N–H and O–H groups in total. The fourth-order valence-electron chi connectivity index (χ4n) is 3.39. The molecule has 1 fully saturated rings. The smallest absolute Gasteiger partial charge is 0.222 e. The van der Waals surface area contributed by atoms with E-state index >= 15 is 0 Å². The van der Waals surface area contributed by atoms with Crippen molar-refractivity contribution in [1.82, 2.24) is 4.90 Å². The lowest BCUT2D eigenvalue weighted by molar-refractivity contribution is -0.131. The summed E-state index contributed by atoms with van der Waals surface area (Å²) in [6.45, 7) is 3.05. The van der Waals surface area contributed by atoms with Crippen LogP contribution in [0, 0.1) is 11.8 Å². The highest BCUT2D eigenvalue weighted by molar-refractivity contribution is 5.76. The molecule has 1 aliphatic carbocycles. The Labute approximate surface area is 146 Å². The zero-order chi connectivity index (χ0) is 17.5. The van der Waals surface area contributed by atoms with E-state index in [-0.39, 0.29) is 5.91 Å². The van der Waals surface area contributed by atoms with Crippen molar-refractivity contribution in [3.05, 3.63) is 23.8 Å². The van der Waals surface area contributed by atoms with E-state index < -0.39 is 0 Å². The predicted octanol–water partition coefficient (Wildman–Crippen LogP) is 3.92. The third-order valence-corrected chi connectivity index (χ3v) is 5.21. The van der Waals surface area contributed by atoms with Crippen molar-refractivity contribution in [2.24, 2.45) is 11.8 Å². The molecule has 24 heavy (non-hydrogen) atoms. The van der Waals surface area contributed by atoms with E-state index in [9.17, 15) is 4.79 Å². The SMILES string of the molecule is COc1ccc(CCN(C)C(=O)CC2CCC(C)CC2)cc1OC. The van der Waals surface area contributed by atoms with Gasteiger partial charge >= 0.3 is 0 Å². The Balaban J connectivity index is 1.81. The average molecular weight is 333 g/mol. The quantitative estimate of drug-likeness (QED) is 0.759. The Morgan fingerprint density at radius 3 is 2.42 bits per heavy atom. The van der Waals surface area contributed by atoms with Crippen LogP contribution in [-0.2, 0) is 11.2 Å². The van der Waals surface area contributed by atoms with Gasteiger partial charge in [-0.25, -0.2) is 0 Å². The van der Waals surface area contributed by atoms with Gasteiger partial charge in [0.15, 0.2) is 11.5 Å². The minimum absolute atomic E-state index is 0.273. The van der Waals surface area contributed by atoms with Gasteiger partial charge in [0.2, 0.25) is 5.91 Å². The van der Waals surface area contributed by atoms with Crippen LogP contribution in [0.1, 0.15) is 44.6 Å². The summed E-state index contributed by atoms with van der Waals surface area (Å²) in [5.41, 5.74) is 1.15. The third-order valence-electron chi connectivity index (χ3n) is 5.21. The molecule has 0 heterocycles. The van der Waals surface area contributed by atoms with Crippen LogP contribution in [0.3, 0.4) is 0 Å². The zero-order valence-electron chi connectivity index (χ0n) is 15.5. The van der Waals surface area contributed by atoms with Crippen molar-refractivity contribution in [3.63, 3.8) is 0 Å². The minimum atomic E-state index is 0.273. The number of rotatable bonds is 7. The molecule has 4 heteroatoms. The molecule has 4 nitrogen and oxygen atoms in total. The van der Waals surface area contributed by atoms with Crippen LogP contribution < -0.4 is 9.47 Å². The molecule has 1 amide bonds. The van der Waals surface area contributed by atoms with E-state index in [0.29, 0.717) is 12.3 Å². The van der Waals surface area contributed by atoms with Crippen LogP contribution in [0.5, 0.6) is 11.5 Å². The zero-order valence-corrected chi connectivity index (χ0v) is 15.5. The molecule has 1 aliphatic rings. The summed E-state index contributed by atoms with van der Waals surface area (Å²) in [5, 5.41) is 0. The highest BCUT2D eigenvalue weighted by atomic mass is 16.5. The van der Waals surface area contributed by atoms with Crippen molar-refractivity contribution >= 4 is 5.91 Å². The highest BCUT2D eigenvalue weighted by Gasteiger charge is 2.22. The largest absolute Gasteiger partial charge is 0.493 e. The van der Waals surface area contributed by atoms with E-state index in [1.165, 1.54) is 25.7 Å². The first-order valence-corrected chi connectivity index (χ1v) is 8.98. The molecule has 0 atom stereocenters. The number of benzene rings is 1. The summed E-state index contributed by atoms with van der Waals surface area (Å²) in [5.74, 6) is 3.16. The van der Waals surface area contributed by atoms with Crippen LogP contribution in [-0.4, -0.2) is 38.6 Å². The molecule has 1 aromatic carbocycles. The summed E-state index contributed by atoms with van der Waals surface area (Å²) < 4.78 is 10.6. The molecule has 0 saturated heterocycles. The Morgan fingerprint density at radius 2 is 1.79 bits per heavy atom. The maximum Gasteiger partial charge on any atom is 0.222 e. The van der Waals surface area contributed by atoms with Crippen LogP contribution in [0.2, 0.25) is 0 Å². The predicted molar refractivity (Wildman–Crippen MR) is 96.6 cm³/mol. The molecule has 1 aromatic rings. The number of amides is 1. The van der Waals surface area contributed by atoms with Crippen LogP contribution in [0.15, 0.2) is 18.2 Å². The number of hydrogen-bond acceptors (Lipinski definition) is 3. The molecule has 0 aromatic heterocycles. The molecule has 0 unspecified atom stereocenters. The average Bonchev–Trinajstić information content (AvgIpc) is 2.61. The van der Waals surface area contributed by atoms with Gasteiger partial charge in [0.25, 0.3) is 0 Å². The molecular weight excluding hydrogens is 302 g/mol. The summed E-state index contributed by atoms with van der Waals surface area (Å²) in [7, 11) is 5.19. The van der Waals surface area contributed by atoms with Gasteiger partial charge in [0.1, 0.15) is 0 Å². The van der Waals surface area contributed by atoms with E-state index in [2.05, 4.69) is 6.92 Å². The summed E-state index contributed by atoms with van der Waals surface area (Å²) in [4.78, 5) is 14.3. The maximum absolute atomic E-state index is 12.4. The van der Waals surface area contributed by atoms with Gasteiger partial charge in [-0.05, 0) is 48.8 Å². The highest BCUT2D eigenvalue weighted by Crippen LogP contribution is 2.31. The van der Waals surface area contributed by atoms with Gasteiger partial charge in [0.05, 0.1) is 14.2 Å². The van der Waals surface area contributed by atoms with E-state index in [0.717, 1.165) is 35.9 Å². The van der Waals surface area contributed by atoms with Crippen molar-refractivity contribution < 1.29 is 14.3 Å². The normalized spacial score (nSPS) is 20.5. The molecule has 0 aliphatic heterocycles.